The molecular weight excluding hydrogens is 402 g/mol. The number of carbonyl (C=O) groups is 2. The lowest BCUT2D eigenvalue weighted by molar-refractivity contribution is -0.153. The van der Waals surface area contributed by atoms with Crippen LogP contribution in [0.4, 0.5) is 0 Å². The van der Waals surface area contributed by atoms with Crippen LogP contribution in [-0.2, 0) is 16.0 Å². The fraction of sp³-hybridized carbons (Fsp3) is 0.619. The summed E-state index contributed by atoms with van der Waals surface area (Å²) in [7, 11) is 0. The molecule has 0 aromatic carbocycles. The highest BCUT2D eigenvalue weighted by molar-refractivity contribution is 7.13. The molecule has 0 unspecified atom stereocenters. The zero-order valence-electron chi connectivity index (χ0n) is 17.5. The number of thiophene rings is 1. The summed E-state index contributed by atoms with van der Waals surface area (Å²) in [6.45, 7) is 7.26. The first kappa shape index (κ1) is 21.0. The van der Waals surface area contributed by atoms with E-state index < -0.39 is 0 Å². The summed E-state index contributed by atoms with van der Waals surface area (Å²) in [6.07, 6.45) is 3.78. The third kappa shape index (κ3) is 5.07. The molecule has 30 heavy (non-hydrogen) atoms. The Kier molecular flexibility index (Phi) is 6.79. The molecule has 2 aliphatic heterocycles. The van der Waals surface area contributed by atoms with E-state index in [4.69, 9.17) is 4.52 Å². The molecule has 1 atom stereocenters. The Morgan fingerprint density at radius 2 is 1.97 bits per heavy atom. The van der Waals surface area contributed by atoms with Crippen molar-refractivity contribution in [2.24, 2.45) is 5.92 Å². The second-order valence-electron chi connectivity index (χ2n) is 8.22. The molecule has 0 spiro atoms. The van der Waals surface area contributed by atoms with Crippen LogP contribution in [0, 0.1) is 5.92 Å². The summed E-state index contributed by atoms with van der Waals surface area (Å²) in [6, 6.07) is 3.96. The molecule has 2 aromatic heterocycles. The van der Waals surface area contributed by atoms with E-state index in [0.717, 1.165) is 50.2 Å². The standard InChI is InChI=1S/C21H29N5O3S/c1-16-5-2-9-26(15-16)21(28)20(27)25-12-10-24(11-13-25)8-3-7-18-22-19(23-29-18)17-6-4-14-30-17/h4,6,14,16H,2-3,5,7-13,15H2,1H3/t16-/m1/s1. The maximum atomic E-state index is 12.6. The van der Waals surface area contributed by atoms with Gasteiger partial charge in [0.05, 0.1) is 4.88 Å². The number of hydrogen-bond acceptors (Lipinski definition) is 7. The van der Waals surface area contributed by atoms with Crippen LogP contribution in [0.15, 0.2) is 22.0 Å². The van der Waals surface area contributed by atoms with Gasteiger partial charge in [0, 0.05) is 45.7 Å². The number of aromatic nitrogens is 2. The molecule has 0 radical (unpaired) electrons. The van der Waals surface area contributed by atoms with E-state index in [1.54, 1.807) is 21.1 Å². The molecule has 0 N–H and O–H groups in total. The summed E-state index contributed by atoms with van der Waals surface area (Å²) in [5.41, 5.74) is 0. The second kappa shape index (κ2) is 9.70. The Morgan fingerprint density at radius 3 is 2.70 bits per heavy atom. The molecule has 162 valence electrons. The van der Waals surface area contributed by atoms with E-state index in [0.29, 0.717) is 43.8 Å². The van der Waals surface area contributed by atoms with Gasteiger partial charge in [0.1, 0.15) is 0 Å². The van der Waals surface area contributed by atoms with Crippen molar-refractivity contribution in [1.82, 2.24) is 24.8 Å². The summed E-state index contributed by atoms with van der Waals surface area (Å²) < 4.78 is 5.35. The van der Waals surface area contributed by atoms with Gasteiger partial charge in [-0.05, 0) is 43.2 Å². The molecular formula is C21H29N5O3S. The summed E-state index contributed by atoms with van der Waals surface area (Å²) in [5, 5.41) is 6.04. The van der Waals surface area contributed by atoms with Crippen LogP contribution in [0.3, 0.4) is 0 Å². The number of nitrogens with zero attached hydrogens (tertiary/aromatic N) is 5. The van der Waals surface area contributed by atoms with Crippen molar-refractivity contribution in [2.75, 3.05) is 45.8 Å². The summed E-state index contributed by atoms with van der Waals surface area (Å²) >= 11 is 1.60. The van der Waals surface area contributed by atoms with Gasteiger partial charge in [-0.2, -0.15) is 4.98 Å². The predicted octanol–water partition coefficient (Wildman–Crippen LogP) is 2.13. The lowest BCUT2D eigenvalue weighted by atomic mass is 10.0. The first-order chi connectivity index (χ1) is 14.6. The highest BCUT2D eigenvalue weighted by atomic mass is 32.1. The second-order valence-corrected chi connectivity index (χ2v) is 9.17. The number of piperazine rings is 1. The monoisotopic (exact) mass is 431 g/mol. The molecule has 2 fully saturated rings. The van der Waals surface area contributed by atoms with Crippen molar-refractivity contribution < 1.29 is 14.1 Å². The van der Waals surface area contributed by atoms with Gasteiger partial charge in [-0.25, -0.2) is 0 Å². The minimum Gasteiger partial charge on any atom is -0.339 e. The normalized spacial score (nSPS) is 20.5. The van der Waals surface area contributed by atoms with Crippen LogP contribution < -0.4 is 0 Å². The smallest absolute Gasteiger partial charge is 0.312 e. The van der Waals surface area contributed by atoms with Crippen LogP contribution >= 0.6 is 11.3 Å². The predicted molar refractivity (Wildman–Crippen MR) is 114 cm³/mol. The first-order valence-corrected chi connectivity index (χ1v) is 11.6. The fourth-order valence-corrected chi connectivity index (χ4v) is 4.78. The maximum absolute atomic E-state index is 12.6. The summed E-state index contributed by atoms with van der Waals surface area (Å²) in [5.74, 6) is 1.13. The van der Waals surface area contributed by atoms with Crippen molar-refractivity contribution in [3.8, 4) is 10.7 Å². The molecule has 0 aliphatic carbocycles. The molecule has 2 amide bonds. The quantitative estimate of drug-likeness (QED) is 0.675. The van der Waals surface area contributed by atoms with Crippen molar-refractivity contribution in [3.63, 3.8) is 0 Å². The molecule has 2 saturated heterocycles. The highest BCUT2D eigenvalue weighted by Crippen LogP contribution is 2.21. The Hall–Kier alpha value is -2.26. The topological polar surface area (TPSA) is 82.8 Å². The van der Waals surface area contributed by atoms with E-state index in [-0.39, 0.29) is 11.8 Å². The lowest BCUT2D eigenvalue weighted by Crippen LogP contribution is -2.54. The van der Waals surface area contributed by atoms with E-state index in [2.05, 4.69) is 22.0 Å². The Bertz CT molecular complexity index is 845. The average Bonchev–Trinajstić information content (AvgIpc) is 3.45. The van der Waals surface area contributed by atoms with Crippen molar-refractivity contribution in [1.29, 1.82) is 0 Å². The molecule has 0 bridgehead atoms. The lowest BCUT2D eigenvalue weighted by Gasteiger charge is -2.36. The van der Waals surface area contributed by atoms with Gasteiger partial charge >= 0.3 is 11.8 Å². The van der Waals surface area contributed by atoms with Crippen LogP contribution in [-0.4, -0.2) is 82.5 Å². The third-order valence-electron chi connectivity index (χ3n) is 5.86. The molecule has 0 saturated carbocycles. The number of aryl methyl sites for hydroxylation is 1. The molecule has 2 aliphatic rings. The van der Waals surface area contributed by atoms with Crippen molar-refractivity contribution in [2.45, 2.75) is 32.6 Å². The van der Waals surface area contributed by atoms with Crippen molar-refractivity contribution >= 4 is 23.2 Å². The molecule has 8 nitrogen and oxygen atoms in total. The average molecular weight is 432 g/mol. The van der Waals surface area contributed by atoms with E-state index in [1.807, 2.05) is 17.5 Å². The van der Waals surface area contributed by atoms with Crippen molar-refractivity contribution in [3.05, 3.63) is 23.4 Å². The number of rotatable bonds is 5. The van der Waals surface area contributed by atoms with E-state index in [1.165, 1.54) is 0 Å². The van der Waals surface area contributed by atoms with Gasteiger partial charge in [0.25, 0.3) is 0 Å². The molecule has 4 heterocycles. The molecule has 9 heteroatoms. The zero-order valence-corrected chi connectivity index (χ0v) is 18.3. The number of amides is 2. The van der Waals surface area contributed by atoms with Crippen LogP contribution in [0.1, 0.15) is 32.1 Å². The SMILES string of the molecule is C[C@@H]1CCCN(C(=O)C(=O)N2CCN(CCCc3nc(-c4cccs4)no3)CC2)C1. The van der Waals surface area contributed by atoms with Crippen LogP contribution in [0.5, 0.6) is 0 Å². The maximum Gasteiger partial charge on any atom is 0.312 e. The van der Waals surface area contributed by atoms with Crippen LogP contribution in [0.2, 0.25) is 0 Å². The minimum atomic E-state index is -0.337. The van der Waals surface area contributed by atoms with Gasteiger partial charge in [-0.15, -0.1) is 11.3 Å². The number of piperidine rings is 1. The Balaban J connectivity index is 1.18. The highest BCUT2D eigenvalue weighted by Gasteiger charge is 2.31. The summed E-state index contributed by atoms with van der Waals surface area (Å²) in [4.78, 5) is 36.4. The zero-order chi connectivity index (χ0) is 20.9. The molecule has 2 aromatic rings. The third-order valence-corrected chi connectivity index (χ3v) is 6.73. The number of hydrogen-bond donors (Lipinski definition) is 0. The van der Waals surface area contributed by atoms with Gasteiger partial charge in [0.2, 0.25) is 11.7 Å². The van der Waals surface area contributed by atoms with Gasteiger partial charge < -0.3 is 14.3 Å². The fourth-order valence-electron chi connectivity index (χ4n) is 4.14. The van der Waals surface area contributed by atoms with Crippen LogP contribution in [0.25, 0.3) is 10.7 Å². The Morgan fingerprint density at radius 1 is 1.17 bits per heavy atom. The molecule has 4 rings (SSSR count). The van der Waals surface area contributed by atoms with E-state index in [9.17, 15) is 9.59 Å². The largest absolute Gasteiger partial charge is 0.339 e. The number of carbonyl (C=O) groups excluding carboxylic acids is 2. The van der Waals surface area contributed by atoms with E-state index >= 15 is 0 Å². The number of likely N-dealkylation sites (tertiary alicyclic amines) is 1. The van der Waals surface area contributed by atoms with Gasteiger partial charge in [-0.3, -0.25) is 14.5 Å². The Labute approximate surface area is 180 Å². The van der Waals surface area contributed by atoms with Gasteiger partial charge in [-0.1, -0.05) is 18.1 Å². The first-order valence-electron chi connectivity index (χ1n) is 10.8. The van der Waals surface area contributed by atoms with Gasteiger partial charge in [0.15, 0.2) is 0 Å². The minimum absolute atomic E-state index is 0.326.